The summed E-state index contributed by atoms with van der Waals surface area (Å²) in [5.74, 6) is 0.973. The van der Waals surface area contributed by atoms with Gasteiger partial charge in [0.05, 0.1) is 21.4 Å². The summed E-state index contributed by atoms with van der Waals surface area (Å²) in [6, 6.07) is 0. The maximum atomic E-state index is 12.2. The molecule has 3 aliphatic rings. The summed E-state index contributed by atoms with van der Waals surface area (Å²) in [5.41, 5.74) is 0. The van der Waals surface area contributed by atoms with E-state index in [2.05, 4.69) is 15.9 Å². The third kappa shape index (κ3) is 0.906. The molecule has 0 spiro atoms. The lowest BCUT2D eigenvalue weighted by atomic mass is 9.88. The van der Waals surface area contributed by atoms with E-state index in [9.17, 15) is 8.42 Å². The molecule has 0 N–H and O–H groups in total. The van der Waals surface area contributed by atoms with Crippen LogP contribution in [0, 0.1) is 11.8 Å². The molecule has 0 heterocycles. The third-order valence-electron chi connectivity index (χ3n) is 4.54. The van der Waals surface area contributed by atoms with Crippen LogP contribution in [0.25, 0.3) is 0 Å². The number of ether oxygens (including phenoxy) is 1. The lowest BCUT2D eigenvalue weighted by molar-refractivity contribution is 0.216. The molecule has 0 aromatic carbocycles. The van der Waals surface area contributed by atoms with Gasteiger partial charge in [0.2, 0.25) is 0 Å². The Labute approximate surface area is 98.6 Å². The van der Waals surface area contributed by atoms with Gasteiger partial charge < -0.3 is 4.74 Å². The molecule has 5 heteroatoms. The maximum absolute atomic E-state index is 12.2. The normalized spacial score (nSPS) is 51.1. The SMILES string of the molecule is COCCS(=O)(=O)C12C3CCCC1C32Br. The fourth-order valence-corrected chi connectivity index (χ4v) is 9.25. The number of halogens is 1. The summed E-state index contributed by atoms with van der Waals surface area (Å²) in [5, 5.41) is 0. The Morgan fingerprint density at radius 1 is 1.40 bits per heavy atom. The fourth-order valence-electron chi connectivity index (χ4n) is 3.86. The Kier molecular flexibility index (Phi) is 1.96. The number of rotatable bonds is 4. The van der Waals surface area contributed by atoms with E-state index in [0.29, 0.717) is 18.4 Å². The van der Waals surface area contributed by atoms with Gasteiger partial charge in [0, 0.05) is 7.11 Å². The van der Waals surface area contributed by atoms with Crippen molar-refractivity contribution in [3.8, 4) is 0 Å². The molecule has 0 bridgehead atoms. The van der Waals surface area contributed by atoms with Crippen molar-refractivity contribution >= 4 is 25.8 Å². The maximum Gasteiger partial charge on any atom is 0.160 e. The Bertz CT molecular complexity index is 391. The van der Waals surface area contributed by atoms with E-state index < -0.39 is 9.84 Å². The van der Waals surface area contributed by atoms with Crippen LogP contribution in [0.1, 0.15) is 19.3 Å². The predicted molar refractivity (Wildman–Crippen MR) is 60.9 cm³/mol. The topological polar surface area (TPSA) is 43.4 Å². The second-order valence-corrected chi connectivity index (χ2v) is 8.53. The van der Waals surface area contributed by atoms with Crippen LogP contribution in [0.4, 0.5) is 0 Å². The van der Waals surface area contributed by atoms with Crippen molar-refractivity contribution < 1.29 is 13.2 Å². The summed E-state index contributed by atoms with van der Waals surface area (Å²) in [6.45, 7) is 0.326. The van der Waals surface area contributed by atoms with Crippen LogP contribution in [-0.4, -0.2) is 37.0 Å². The molecule has 0 aliphatic heterocycles. The molecule has 3 nitrogen and oxygen atoms in total. The molecule has 3 fully saturated rings. The Balaban J connectivity index is 1.85. The van der Waals surface area contributed by atoms with Crippen LogP contribution in [-0.2, 0) is 14.6 Å². The summed E-state index contributed by atoms with van der Waals surface area (Å²) in [7, 11) is -1.41. The standard InChI is InChI=1S/C10H15BrO3S/c1-14-5-6-15(12,13)10-7-3-2-4-8(10)9(7,10)11/h7-8H,2-6H2,1H3. The molecule has 0 amide bonds. The van der Waals surface area contributed by atoms with Crippen LogP contribution in [0.15, 0.2) is 0 Å². The lowest BCUT2D eigenvalue weighted by Crippen LogP contribution is -2.31. The fraction of sp³-hybridized carbons (Fsp3) is 1.00. The van der Waals surface area contributed by atoms with E-state index in [-0.39, 0.29) is 14.8 Å². The van der Waals surface area contributed by atoms with Crippen LogP contribution < -0.4 is 0 Å². The van der Waals surface area contributed by atoms with Gasteiger partial charge in [-0.2, -0.15) is 0 Å². The highest BCUT2D eigenvalue weighted by Crippen LogP contribution is 2.92. The first-order valence-corrected chi connectivity index (χ1v) is 7.88. The Morgan fingerprint density at radius 2 is 2.00 bits per heavy atom. The Hall–Kier alpha value is 0.390. The van der Waals surface area contributed by atoms with Gasteiger partial charge in [0.15, 0.2) is 9.84 Å². The Morgan fingerprint density at radius 3 is 2.47 bits per heavy atom. The van der Waals surface area contributed by atoms with Crippen molar-refractivity contribution in [2.24, 2.45) is 11.8 Å². The van der Waals surface area contributed by atoms with Gasteiger partial charge in [-0.05, 0) is 24.7 Å². The third-order valence-corrected chi connectivity index (χ3v) is 9.20. The molecule has 2 unspecified atom stereocenters. The first-order chi connectivity index (χ1) is 7.03. The van der Waals surface area contributed by atoms with Crippen molar-refractivity contribution in [3.63, 3.8) is 0 Å². The molecule has 15 heavy (non-hydrogen) atoms. The molecule has 0 aromatic heterocycles. The minimum absolute atomic E-state index is 0.0230. The molecule has 0 saturated heterocycles. The van der Waals surface area contributed by atoms with Gasteiger partial charge in [-0.3, -0.25) is 0 Å². The van der Waals surface area contributed by atoms with Crippen molar-refractivity contribution in [1.82, 2.24) is 0 Å². The number of methoxy groups -OCH3 is 1. The van der Waals surface area contributed by atoms with Crippen molar-refractivity contribution in [3.05, 3.63) is 0 Å². The minimum Gasteiger partial charge on any atom is -0.384 e. The molecule has 3 saturated carbocycles. The highest BCUT2D eigenvalue weighted by atomic mass is 79.9. The van der Waals surface area contributed by atoms with Crippen LogP contribution >= 0.6 is 15.9 Å². The average Bonchev–Trinajstić information content (AvgIpc) is 3.01. The molecule has 0 aromatic rings. The predicted octanol–water partition coefficient (Wildman–Crippen LogP) is 1.36. The van der Waals surface area contributed by atoms with Crippen molar-refractivity contribution in [1.29, 1.82) is 0 Å². The number of alkyl halides is 1. The van der Waals surface area contributed by atoms with E-state index in [4.69, 9.17) is 4.74 Å². The lowest BCUT2D eigenvalue weighted by Gasteiger charge is -2.25. The minimum atomic E-state index is -2.96. The van der Waals surface area contributed by atoms with E-state index >= 15 is 0 Å². The van der Waals surface area contributed by atoms with Crippen molar-refractivity contribution in [2.45, 2.75) is 28.3 Å². The molecule has 0 radical (unpaired) electrons. The first kappa shape index (κ1) is 10.5. The zero-order valence-corrected chi connectivity index (χ0v) is 11.1. The number of hydrogen-bond donors (Lipinski definition) is 0. The average molecular weight is 295 g/mol. The molecular formula is C10H15BrO3S. The van der Waals surface area contributed by atoms with Gasteiger partial charge in [0.25, 0.3) is 0 Å². The van der Waals surface area contributed by atoms with Gasteiger partial charge in [-0.15, -0.1) is 0 Å². The van der Waals surface area contributed by atoms with Crippen LogP contribution in [0.3, 0.4) is 0 Å². The van der Waals surface area contributed by atoms with E-state index in [1.807, 2.05) is 0 Å². The van der Waals surface area contributed by atoms with E-state index in [1.165, 1.54) is 6.42 Å². The number of sulfone groups is 1. The van der Waals surface area contributed by atoms with Gasteiger partial charge in [0.1, 0.15) is 0 Å². The second kappa shape index (κ2) is 2.79. The van der Waals surface area contributed by atoms with Crippen LogP contribution in [0.2, 0.25) is 0 Å². The smallest absolute Gasteiger partial charge is 0.160 e. The zero-order chi connectivity index (χ0) is 10.9. The molecule has 3 aliphatic carbocycles. The van der Waals surface area contributed by atoms with Gasteiger partial charge in [-0.1, -0.05) is 22.4 Å². The van der Waals surface area contributed by atoms with Crippen molar-refractivity contribution in [2.75, 3.05) is 19.5 Å². The summed E-state index contributed by atoms with van der Waals surface area (Å²) >= 11 is 3.67. The summed E-state index contributed by atoms with van der Waals surface area (Å²) in [4.78, 5) is 0. The summed E-state index contributed by atoms with van der Waals surface area (Å²) < 4.78 is 28.9. The number of fused-ring (bicyclic) bond motifs is 2. The summed E-state index contributed by atoms with van der Waals surface area (Å²) in [6.07, 6.45) is 3.35. The quantitative estimate of drug-likeness (QED) is 0.736. The largest absolute Gasteiger partial charge is 0.384 e. The monoisotopic (exact) mass is 294 g/mol. The van der Waals surface area contributed by atoms with E-state index in [1.54, 1.807) is 7.11 Å². The highest BCUT2D eigenvalue weighted by molar-refractivity contribution is 9.10. The molecule has 86 valence electrons. The van der Waals surface area contributed by atoms with Crippen LogP contribution in [0.5, 0.6) is 0 Å². The second-order valence-electron chi connectivity index (χ2n) is 4.91. The first-order valence-electron chi connectivity index (χ1n) is 5.43. The molecule has 3 rings (SSSR count). The van der Waals surface area contributed by atoms with Gasteiger partial charge >= 0.3 is 0 Å². The zero-order valence-electron chi connectivity index (χ0n) is 8.70. The molecule has 2 atom stereocenters. The highest BCUT2D eigenvalue weighted by Gasteiger charge is 3.02. The van der Waals surface area contributed by atoms with Gasteiger partial charge in [-0.25, -0.2) is 8.42 Å². The number of hydrogen-bond acceptors (Lipinski definition) is 3. The van der Waals surface area contributed by atoms with E-state index in [0.717, 1.165) is 12.8 Å². The molecular weight excluding hydrogens is 280 g/mol.